The molecule has 23 heavy (non-hydrogen) atoms. The van der Waals surface area contributed by atoms with Crippen molar-refractivity contribution >= 4 is 15.7 Å². The number of sulfone groups is 1. The van der Waals surface area contributed by atoms with Crippen LogP contribution in [0.15, 0.2) is 24.3 Å². The number of carbonyl (C=O) groups excluding carboxylic acids is 1. The number of likely N-dealkylation sites (N-methyl/N-ethyl adjacent to an activating group) is 1. The maximum Gasteiger partial charge on any atom is 0.237 e. The molecule has 6 nitrogen and oxygen atoms in total. The Morgan fingerprint density at radius 2 is 2.04 bits per heavy atom. The number of nitrogens with zero attached hydrogens (tertiary/aromatic N) is 1. The van der Waals surface area contributed by atoms with E-state index in [0.717, 1.165) is 11.3 Å². The fourth-order valence-electron chi connectivity index (χ4n) is 2.59. The van der Waals surface area contributed by atoms with E-state index in [-0.39, 0.29) is 29.5 Å². The zero-order valence-electron chi connectivity index (χ0n) is 13.8. The monoisotopic (exact) mass is 340 g/mol. The van der Waals surface area contributed by atoms with Gasteiger partial charge in [-0.05, 0) is 38.1 Å². The first-order valence-electron chi connectivity index (χ1n) is 7.64. The molecule has 0 aromatic heterocycles. The predicted octanol–water partition coefficient (Wildman–Crippen LogP) is 0.819. The molecule has 2 unspecified atom stereocenters. The van der Waals surface area contributed by atoms with E-state index < -0.39 is 9.84 Å². The fraction of sp³-hybridized carbons (Fsp3) is 0.562. The molecule has 0 saturated carbocycles. The molecule has 1 amide bonds. The molecule has 1 heterocycles. The van der Waals surface area contributed by atoms with Crippen LogP contribution < -0.4 is 10.1 Å². The molecule has 0 radical (unpaired) electrons. The van der Waals surface area contributed by atoms with Crippen LogP contribution >= 0.6 is 0 Å². The minimum Gasteiger partial charge on any atom is -0.497 e. The third kappa shape index (κ3) is 4.94. The van der Waals surface area contributed by atoms with E-state index in [1.165, 1.54) is 0 Å². The van der Waals surface area contributed by atoms with E-state index in [1.807, 2.05) is 43.1 Å². The Labute approximate surface area is 137 Å². The highest BCUT2D eigenvalue weighted by atomic mass is 32.2. The third-order valence-electron chi connectivity index (χ3n) is 4.21. The van der Waals surface area contributed by atoms with E-state index in [1.54, 1.807) is 7.11 Å². The van der Waals surface area contributed by atoms with Crippen LogP contribution in [0.5, 0.6) is 5.75 Å². The predicted molar refractivity (Wildman–Crippen MR) is 89.1 cm³/mol. The molecule has 0 bridgehead atoms. The van der Waals surface area contributed by atoms with Crippen molar-refractivity contribution < 1.29 is 17.9 Å². The van der Waals surface area contributed by atoms with E-state index in [9.17, 15) is 13.2 Å². The molecule has 128 valence electrons. The molecule has 1 aromatic rings. The van der Waals surface area contributed by atoms with Crippen LogP contribution in [-0.2, 0) is 21.2 Å². The van der Waals surface area contributed by atoms with Gasteiger partial charge in [0.2, 0.25) is 5.91 Å². The SMILES string of the molecule is COc1ccc(CN(C)C(C)C(=O)NC2CCS(=O)(=O)C2)cc1. The summed E-state index contributed by atoms with van der Waals surface area (Å²) in [6.07, 6.45) is 0.503. The van der Waals surface area contributed by atoms with Gasteiger partial charge in [-0.2, -0.15) is 0 Å². The quantitative estimate of drug-likeness (QED) is 0.830. The minimum absolute atomic E-state index is 0.0493. The van der Waals surface area contributed by atoms with Gasteiger partial charge in [0.05, 0.1) is 24.7 Å². The summed E-state index contributed by atoms with van der Waals surface area (Å²) in [5, 5.41) is 2.84. The van der Waals surface area contributed by atoms with Gasteiger partial charge in [0.1, 0.15) is 5.75 Å². The second kappa shape index (κ2) is 7.31. The fourth-order valence-corrected chi connectivity index (χ4v) is 4.26. The molecule has 1 aliphatic heterocycles. The Morgan fingerprint density at radius 3 is 2.57 bits per heavy atom. The highest BCUT2D eigenvalue weighted by Gasteiger charge is 2.30. The van der Waals surface area contributed by atoms with Gasteiger partial charge in [-0.1, -0.05) is 12.1 Å². The maximum atomic E-state index is 12.3. The number of rotatable bonds is 6. The number of nitrogens with one attached hydrogen (secondary N) is 1. The van der Waals surface area contributed by atoms with Gasteiger partial charge in [0, 0.05) is 12.6 Å². The van der Waals surface area contributed by atoms with E-state index in [0.29, 0.717) is 13.0 Å². The molecule has 0 aliphatic carbocycles. The van der Waals surface area contributed by atoms with Crippen LogP contribution in [0.3, 0.4) is 0 Å². The molecule has 2 rings (SSSR count). The second-order valence-electron chi connectivity index (χ2n) is 6.05. The first kappa shape index (κ1) is 17.7. The lowest BCUT2D eigenvalue weighted by Crippen LogP contribution is -2.47. The summed E-state index contributed by atoms with van der Waals surface area (Å²) in [5.74, 6) is 0.870. The summed E-state index contributed by atoms with van der Waals surface area (Å²) in [4.78, 5) is 14.2. The lowest BCUT2D eigenvalue weighted by Gasteiger charge is -2.25. The third-order valence-corrected chi connectivity index (χ3v) is 5.98. The summed E-state index contributed by atoms with van der Waals surface area (Å²) < 4.78 is 28.0. The molecule has 2 atom stereocenters. The number of methoxy groups -OCH3 is 1. The maximum absolute atomic E-state index is 12.3. The van der Waals surface area contributed by atoms with Crippen LogP contribution in [0.4, 0.5) is 0 Å². The standard InChI is InChI=1S/C16H24N2O4S/c1-12(16(19)17-14-8-9-23(20,21)11-14)18(2)10-13-4-6-15(22-3)7-5-13/h4-7,12,14H,8-11H2,1-3H3,(H,17,19). The van der Waals surface area contributed by atoms with Gasteiger partial charge >= 0.3 is 0 Å². The molecular weight excluding hydrogens is 316 g/mol. The number of hydrogen-bond donors (Lipinski definition) is 1. The molecule has 1 saturated heterocycles. The largest absolute Gasteiger partial charge is 0.497 e. The number of amides is 1. The summed E-state index contributed by atoms with van der Waals surface area (Å²) in [6.45, 7) is 2.45. The average molecular weight is 340 g/mol. The smallest absolute Gasteiger partial charge is 0.237 e. The lowest BCUT2D eigenvalue weighted by atomic mass is 10.1. The molecule has 7 heteroatoms. The highest BCUT2D eigenvalue weighted by Crippen LogP contribution is 2.15. The number of carbonyl (C=O) groups is 1. The van der Waals surface area contributed by atoms with Crippen LogP contribution in [-0.4, -0.2) is 57.0 Å². The molecule has 1 aliphatic rings. The van der Waals surface area contributed by atoms with E-state index >= 15 is 0 Å². The highest BCUT2D eigenvalue weighted by molar-refractivity contribution is 7.91. The Morgan fingerprint density at radius 1 is 1.39 bits per heavy atom. The molecule has 0 spiro atoms. The van der Waals surface area contributed by atoms with Crippen LogP contribution in [0.2, 0.25) is 0 Å². The average Bonchev–Trinajstić information content (AvgIpc) is 2.85. The summed E-state index contributed by atoms with van der Waals surface area (Å²) in [5.41, 5.74) is 1.08. The van der Waals surface area contributed by atoms with Crippen molar-refractivity contribution in [2.24, 2.45) is 0 Å². The van der Waals surface area contributed by atoms with Crippen molar-refractivity contribution in [3.8, 4) is 5.75 Å². The van der Waals surface area contributed by atoms with Crippen molar-refractivity contribution in [2.75, 3.05) is 25.7 Å². The van der Waals surface area contributed by atoms with Crippen LogP contribution in [0, 0.1) is 0 Å². The molecule has 1 aromatic carbocycles. The second-order valence-corrected chi connectivity index (χ2v) is 8.28. The van der Waals surface area contributed by atoms with E-state index in [4.69, 9.17) is 4.74 Å². The van der Waals surface area contributed by atoms with Gasteiger partial charge in [-0.15, -0.1) is 0 Å². The zero-order chi connectivity index (χ0) is 17.0. The number of ether oxygens (including phenoxy) is 1. The Kier molecular flexibility index (Phi) is 5.64. The van der Waals surface area contributed by atoms with Gasteiger partial charge in [-0.25, -0.2) is 8.42 Å². The first-order chi connectivity index (χ1) is 10.8. The molecular formula is C16H24N2O4S. The minimum atomic E-state index is -2.98. The summed E-state index contributed by atoms with van der Waals surface area (Å²) in [7, 11) is 0.514. The summed E-state index contributed by atoms with van der Waals surface area (Å²) >= 11 is 0. The van der Waals surface area contributed by atoms with E-state index in [2.05, 4.69) is 5.32 Å². The zero-order valence-corrected chi connectivity index (χ0v) is 14.6. The van der Waals surface area contributed by atoms with Crippen molar-refractivity contribution in [3.63, 3.8) is 0 Å². The van der Waals surface area contributed by atoms with Crippen molar-refractivity contribution in [2.45, 2.75) is 32.0 Å². The Balaban J connectivity index is 1.88. The van der Waals surface area contributed by atoms with Gasteiger partial charge < -0.3 is 10.1 Å². The van der Waals surface area contributed by atoms with Gasteiger partial charge in [0.25, 0.3) is 0 Å². The number of hydrogen-bond acceptors (Lipinski definition) is 5. The normalized spacial score (nSPS) is 21.1. The molecule has 1 N–H and O–H groups in total. The molecule has 1 fully saturated rings. The van der Waals surface area contributed by atoms with Gasteiger partial charge in [0.15, 0.2) is 9.84 Å². The Bertz CT molecular complexity index is 643. The first-order valence-corrected chi connectivity index (χ1v) is 9.47. The van der Waals surface area contributed by atoms with Gasteiger partial charge in [-0.3, -0.25) is 9.69 Å². The van der Waals surface area contributed by atoms with Crippen LogP contribution in [0.1, 0.15) is 18.9 Å². The summed E-state index contributed by atoms with van der Waals surface area (Å²) in [6, 6.07) is 7.10. The van der Waals surface area contributed by atoms with Crippen molar-refractivity contribution in [3.05, 3.63) is 29.8 Å². The van der Waals surface area contributed by atoms with Crippen molar-refractivity contribution in [1.29, 1.82) is 0 Å². The van der Waals surface area contributed by atoms with Crippen LogP contribution in [0.25, 0.3) is 0 Å². The topological polar surface area (TPSA) is 75.7 Å². The Hall–Kier alpha value is -1.60. The lowest BCUT2D eigenvalue weighted by molar-refractivity contribution is -0.126. The number of benzene rings is 1. The van der Waals surface area contributed by atoms with Crippen molar-refractivity contribution in [1.82, 2.24) is 10.2 Å².